The zero-order chi connectivity index (χ0) is 16.4. The Labute approximate surface area is 129 Å². The van der Waals surface area contributed by atoms with E-state index in [9.17, 15) is 13.6 Å². The maximum atomic E-state index is 13.7. The van der Waals surface area contributed by atoms with Gasteiger partial charge in [-0.2, -0.15) is 0 Å². The molecule has 0 unspecified atom stereocenters. The summed E-state index contributed by atoms with van der Waals surface area (Å²) in [6, 6.07) is 9.41. The molecule has 23 heavy (non-hydrogen) atoms. The molecule has 0 aliphatic heterocycles. The number of rotatable bonds is 3. The summed E-state index contributed by atoms with van der Waals surface area (Å²) in [5, 5.41) is 11.6. The molecule has 116 valence electrons. The van der Waals surface area contributed by atoms with Crippen LogP contribution in [0.15, 0.2) is 42.5 Å². The van der Waals surface area contributed by atoms with Crippen LogP contribution in [0.1, 0.15) is 10.4 Å². The van der Waals surface area contributed by atoms with Crippen molar-refractivity contribution < 1.29 is 18.3 Å². The summed E-state index contributed by atoms with van der Waals surface area (Å²) >= 11 is 0. The molecule has 8 heteroatoms. The van der Waals surface area contributed by atoms with Gasteiger partial charge in [0.2, 0.25) is 5.82 Å². The van der Waals surface area contributed by atoms with Gasteiger partial charge in [-0.3, -0.25) is 0 Å². The number of aromatic nitrogens is 4. The first-order valence-electron chi connectivity index (χ1n) is 6.52. The predicted molar refractivity (Wildman–Crippen MR) is 75.8 cm³/mol. The third-order valence-electron chi connectivity index (χ3n) is 3.10. The van der Waals surface area contributed by atoms with Crippen LogP contribution in [0.25, 0.3) is 17.1 Å². The third kappa shape index (κ3) is 2.91. The fourth-order valence-corrected chi connectivity index (χ4v) is 1.95. The molecule has 0 bridgehead atoms. The van der Waals surface area contributed by atoms with Gasteiger partial charge in [-0.1, -0.05) is 12.1 Å². The van der Waals surface area contributed by atoms with Crippen molar-refractivity contribution in [3.05, 3.63) is 59.7 Å². The molecule has 1 aromatic heterocycles. The van der Waals surface area contributed by atoms with E-state index in [-0.39, 0.29) is 11.5 Å². The summed E-state index contributed by atoms with van der Waals surface area (Å²) in [6.07, 6.45) is 0. The van der Waals surface area contributed by atoms with E-state index in [1.807, 2.05) is 0 Å². The number of methoxy groups -OCH3 is 1. The van der Waals surface area contributed by atoms with Gasteiger partial charge in [0.15, 0.2) is 5.82 Å². The van der Waals surface area contributed by atoms with Crippen LogP contribution in [-0.2, 0) is 4.74 Å². The van der Waals surface area contributed by atoms with Crippen molar-refractivity contribution in [3.63, 3.8) is 0 Å². The van der Waals surface area contributed by atoms with Crippen molar-refractivity contribution in [2.75, 3.05) is 7.11 Å². The fraction of sp³-hybridized carbons (Fsp3) is 0.0667. The minimum atomic E-state index is -0.796. The van der Waals surface area contributed by atoms with Crippen molar-refractivity contribution in [2.45, 2.75) is 0 Å². The molecular formula is C15H10F2N4O2. The van der Waals surface area contributed by atoms with Crippen LogP contribution in [0.5, 0.6) is 0 Å². The second-order valence-electron chi connectivity index (χ2n) is 4.57. The van der Waals surface area contributed by atoms with Crippen molar-refractivity contribution in [1.29, 1.82) is 0 Å². The lowest BCUT2D eigenvalue weighted by molar-refractivity contribution is 0.0601. The molecular weight excluding hydrogens is 306 g/mol. The Kier molecular flexibility index (Phi) is 3.80. The second kappa shape index (κ2) is 5.91. The Balaban J connectivity index is 1.91. The minimum absolute atomic E-state index is 0.0173. The highest BCUT2D eigenvalue weighted by Gasteiger charge is 2.12. The molecule has 1 heterocycles. The van der Waals surface area contributed by atoms with E-state index in [1.54, 1.807) is 24.3 Å². The van der Waals surface area contributed by atoms with Crippen LogP contribution in [0.2, 0.25) is 0 Å². The molecule has 3 rings (SSSR count). The van der Waals surface area contributed by atoms with Gasteiger partial charge in [-0.05, 0) is 29.5 Å². The summed E-state index contributed by atoms with van der Waals surface area (Å²) in [7, 11) is 1.29. The van der Waals surface area contributed by atoms with Gasteiger partial charge in [0.05, 0.1) is 12.7 Å². The highest BCUT2D eigenvalue weighted by atomic mass is 19.1. The standard InChI is InChI=1S/C15H10F2N4O2/c1-23-15(22)10-4-2-9(3-5-10)14-18-20-21(19-14)13-7-6-11(16)8-12(13)17/h2-8H,1H3. The number of ether oxygens (including phenoxy) is 1. The number of hydrogen-bond donors (Lipinski definition) is 0. The average molecular weight is 316 g/mol. The molecule has 6 nitrogen and oxygen atoms in total. The van der Waals surface area contributed by atoms with Crippen LogP contribution < -0.4 is 0 Å². The van der Waals surface area contributed by atoms with Gasteiger partial charge >= 0.3 is 5.97 Å². The summed E-state index contributed by atoms with van der Waals surface area (Å²) in [6.45, 7) is 0. The first kappa shape index (κ1) is 14.8. The summed E-state index contributed by atoms with van der Waals surface area (Å²) in [5.41, 5.74) is 0.955. The van der Waals surface area contributed by atoms with E-state index in [1.165, 1.54) is 13.2 Å². The highest BCUT2D eigenvalue weighted by Crippen LogP contribution is 2.17. The molecule has 0 aliphatic carbocycles. The summed E-state index contributed by atoms with van der Waals surface area (Å²) in [5.74, 6) is -1.70. The zero-order valence-corrected chi connectivity index (χ0v) is 11.9. The van der Waals surface area contributed by atoms with E-state index >= 15 is 0 Å². The Morgan fingerprint density at radius 3 is 2.52 bits per heavy atom. The van der Waals surface area contributed by atoms with Crippen molar-refractivity contribution in [3.8, 4) is 17.1 Å². The first-order valence-corrected chi connectivity index (χ1v) is 6.52. The zero-order valence-electron chi connectivity index (χ0n) is 11.9. The molecule has 0 spiro atoms. The Morgan fingerprint density at radius 1 is 1.13 bits per heavy atom. The SMILES string of the molecule is COC(=O)c1ccc(-c2nnn(-c3ccc(F)cc3F)n2)cc1. The summed E-state index contributed by atoms with van der Waals surface area (Å²) in [4.78, 5) is 12.3. The molecule has 0 aliphatic rings. The van der Waals surface area contributed by atoms with E-state index < -0.39 is 17.6 Å². The number of nitrogens with zero attached hydrogens (tertiary/aromatic N) is 4. The fourth-order valence-electron chi connectivity index (χ4n) is 1.95. The minimum Gasteiger partial charge on any atom is -0.465 e. The van der Waals surface area contributed by atoms with Gasteiger partial charge in [-0.15, -0.1) is 15.0 Å². The molecule has 3 aromatic rings. The smallest absolute Gasteiger partial charge is 0.337 e. The van der Waals surface area contributed by atoms with Gasteiger partial charge in [0.25, 0.3) is 0 Å². The topological polar surface area (TPSA) is 69.9 Å². The first-order chi connectivity index (χ1) is 11.1. The predicted octanol–water partition coefficient (Wildman–Crippen LogP) is 2.39. The van der Waals surface area contributed by atoms with Crippen molar-refractivity contribution >= 4 is 5.97 Å². The Morgan fingerprint density at radius 2 is 1.87 bits per heavy atom. The lowest BCUT2D eigenvalue weighted by Gasteiger charge is -2.00. The maximum Gasteiger partial charge on any atom is 0.337 e. The molecule has 0 radical (unpaired) electrons. The molecule has 0 fully saturated rings. The van der Waals surface area contributed by atoms with E-state index in [4.69, 9.17) is 0 Å². The summed E-state index contributed by atoms with van der Waals surface area (Å²) < 4.78 is 31.2. The van der Waals surface area contributed by atoms with E-state index in [0.29, 0.717) is 11.1 Å². The van der Waals surface area contributed by atoms with Crippen molar-refractivity contribution in [1.82, 2.24) is 20.2 Å². The lowest BCUT2D eigenvalue weighted by Crippen LogP contribution is -2.02. The van der Waals surface area contributed by atoms with Crippen LogP contribution in [-0.4, -0.2) is 33.3 Å². The van der Waals surface area contributed by atoms with Crippen LogP contribution in [0, 0.1) is 11.6 Å². The quantitative estimate of drug-likeness (QED) is 0.694. The van der Waals surface area contributed by atoms with E-state index in [0.717, 1.165) is 16.9 Å². The number of esters is 1. The van der Waals surface area contributed by atoms with Gasteiger partial charge in [0.1, 0.15) is 11.5 Å². The van der Waals surface area contributed by atoms with Crippen molar-refractivity contribution in [2.24, 2.45) is 0 Å². The lowest BCUT2D eigenvalue weighted by atomic mass is 10.1. The van der Waals surface area contributed by atoms with Crippen LogP contribution >= 0.6 is 0 Å². The normalized spacial score (nSPS) is 10.6. The number of benzene rings is 2. The van der Waals surface area contributed by atoms with Crippen LogP contribution in [0.4, 0.5) is 8.78 Å². The molecule has 0 atom stereocenters. The molecule has 2 aromatic carbocycles. The highest BCUT2D eigenvalue weighted by molar-refractivity contribution is 5.89. The Bertz CT molecular complexity index is 862. The van der Waals surface area contributed by atoms with E-state index in [2.05, 4.69) is 20.1 Å². The van der Waals surface area contributed by atoms with Gasteiger partial charge in [0, 0.05) is 11.6 Å². The number of hydrogen-bond acceptors (Lipinski definition) is 5. The van der Waals surface area contributed by atoms with Gasteiger partial charge in [-0.25, -0.2) is 13.6 Å². The number of halogens is 2. The third-order valence-corrected chi connectivity index (χ3v) is 3.10. The molecule has 0 N–H and O–H groups in total. The number of carbonyl (C=O) groups excluding carboxylic acids is 1. The monoisotopic (exact) mass is 316 g/mol. The number of carbonyl (C=O) groups is 1. The molecule has 0 saturated carbocycles. The second-order valence-corrected chi connectivity index (χ2v) is 4.57. The largest absolute Gasteiger partial charge is 0.465 e. The molecule has 0 saturated heterocycles. The molecule has 0 amide bonds. The average Bonchev–Trinajstić information content (AvgIpc) is 3.04. The Hall–Kier alpha value is -3.16. The van der Waals surface area contributed by atoms with Crippen LogP contribution in [0.3, 0.4) is 0 Å². The number of tetrazole rings is 1. The maximum absolute atomic E-state index is 13.7. The van der Waals surface area contributed by atoms with Gasteiger partial charge < -0.3 is 4.74 Å².